The van der Waals surface area contributed by atoms with Crippen molar-refractivity contribution in [3.63, 3.8) is 0 Å². The van der Waals surface area contributed by atoms with E-state index < -0.39 is 23.3 Å². The monoisotopic (exact) mass is 286 g/mol. The van der Waals surface area contributed by atoms with Gasteiger partial charge in [0.15, 0.2) is 0 Å². The van der Waals surface area contributed by atoms with Gasteiger partial charge in [-0.3, -0.25) is 0 Å². The zero-order chi connectivity index (χ0) is 15.2. The number of ether oxygens (including phenoxy) is 1. The van der Waals surface area contributed by atoms with E-state index in [1.807, 2.05) is 0 Å². The van der Waals surface area contributed by atoms with Crippen molar-refractivity contribution in [3.8, 4) is 0 Å². The average Bonchev–Trinajstić information content (AvgIpc) is 2.24. The number of carbonyl (C=O) groups is 1. The van der Waals surface area contributed by atoms with E-state index in [1.54, 1.807) is 20.8 Å². The van der Waals surface area contributed by atoms with Gasteiger partial charge in [-0.25, -0.2) is 13.6 Å². The summed E-state index contributed by atoms with van der Waals surface area (Å²) in [4.78, 5) is 11.3. The fourth-order valence-corrected chi connectivity index (χ4v) is 1.51. The highest BCUT2D eigenvalue weighted by molar-refractivity contribution is 5.67. The van der Waals surface area contributed by atoms with E-state index in [4.69, 9.17) is 4.74 Å². The third-order valence-electron chi connectivity index (χ3n) is 2.22. The molecule has 0 bridgehead atoms. The second-order valence-electron chi connectivity index (χ2n) is 5.38. The van der Waals surface area contributed by atoms with Crippen LogP contribution in [0.3, 0.4) is 0 Å². The molecule has 0 aliphatic carbocycles. The van der Waals surface area contributed by atoms with Gasteiger partial charge in [0.2, 0.25) is 0 Å². The Labute approximate surface area is 117 Å². The standard InChI is InChI=1S/C14H20F2N2O2/c1-14(2,3)20-13(19)18-5-4-17-9-10-6-11(15)8-12(16)7-10/h6-8,17H,4-5,9H2,1-3H3,(H,18,19). The van der Waals surface area contributed by atoms with Gasteiger partial charge in [0.1, 0.15) is 17.2 Å². The first-order valence-corrected chi connectivity index (χ1v) is 6.39. The summed E-state index contributed by atoms with van der Waals surface area (Å²) in [5, 5.41) is 5.55. The maximum absolute atomic E-state index is 12.9. The van der Waals surface area contributed by atoms with Crippen LogP contribution in [0.5, 0.6) is 0 Å². The number of alkyl carbamates (subject to hydrolysis) is 1. The molecule has 4 nitrogen and oxygen atoms in total. The zero-order valence-corrected chi connectivity index (χ0v) is 11.9. The van der Waals surface area contributed by atoms with Crippen molar-refractivity contribution in [1.29, 1.82) is 0 Å². The number of rotatable bonds is 5. The number of halogens is 2. The summed E-state index contributed by atoms with van der Waals surface area (Å²) >= 11 is 0. The Balaban J connectivity index is 2.20. The summed E-state index contributed by atoms with van der Waals surface area (Å²) in [6, 6.07) is 3.35. The van der Waals surface area contributed by atoms with Gasteiger partial charge >= 0.3 is 6.09 Å². The Bertz CT molecular complexity index is 439. The third kappa shape index (κ3) is 7.04. The topological polar surface area (TPSA) is 50.4 Å². The lowest BCUT2D eigenvalue weighted by atomic mass is 10.2. The molecule has 0 heterocycles. The molecule has 1 aromatic rings. The maximum Gasteiger partial charge on any atom is 0.407 e. The summed E-state index contributed by atoms with van der Waals surface area (Å²) in [6.45, 7) is 6.50. The molecule has 1 amide bonds. The fourth-order valence-electron chi connectivity index (χ4n) is 1.51. The van der Waals surface area contributed by atoms with Crippen LogP contribution in [0.25, 0.3) is 0 Å². The van der Waals surface area contributed by atoms with Crippen LogP contribution in [0.1, 0.15) is 26.3 Å². The molecule has 0 fully saturated rings. The third-order valence-corrected chi connectivity index (χ3v) is 2.22. The molecule has 1 aromatic carbocycles. The van der Waals surface area contributed by atoms with E-state index in [2.05, 4.69) is 10.6 Å². The van der Waals surface area contributed by atoms with Crippen molar-refractivity contribution in [2.24, 2.45) is 0 Å². The first-order chi connectivity index (χ1) is 9.26. The van der Waals surface area contributed by atoms with Gasteiger partial charge in [0.05, 0.1) is 0 Å². The number of carbonyl (C=O) groups excluding carboxylic acids is 1. The number of benzene rings is 1. The molecule has 0 atom stereocenters. The van der Waals surface area contributed by atoms with Crippen molar-refractivity contribution in [1.82, 2.24) is 10.6 Å². The first kappa shape index (κ1) is 16.4. The van der Waals surface area contributed by atoms with E-state index in [9.17, 15) is 13.6 Å². The average molecular weight is 286 g/mol. The van der Waals surface area contributed by atoms with Crippen LogP contribution in [0.2, 0.25) is 0 Å². The predicted octanol–water partition coefficient (Wildman–Crippen LogP) is 2.58. The van der Waals surface area contributed by atoms with E-state index in [-0.39, 0.29) is 0 Å². The fraction of sp³-hybridized carbons (Fsp3) is 0.500. The number of hydrogen-bond donors (Lipinski definition) is 2. The molecular formula is C14H20F2N2O2. The van der Waals surface area contributed by atoms with E-state index in [0.29, 0.717) is 25.2 Å². The van der Waals surface area contributed by atoms with Crippen LogP contribution in [-0.4, -0.2) is 24.8 Å². The molecule has 0 aromatic heterocycles. The molecule has 0 radical (unpaired) electrons. The van der Waals surface area contributed by atoms with Crippen molar-refractivity contribution in [3.05, 3.63) is 35.4 Å². The Hall–Kier alpha value is -1.69. The van der Waals surface area contributed by atoms with Crippen LogP contribution in [0.4, 0.5) is 13.6 Å². The number of hydrogen-bond acceptors (Lipinski definition) is 3. The lowest BCUT2D eigenvalue weighted by Gasteiger charge is -2.19. The molecule has 0 unspecified atom stereocenters. The van der Waals surface area contributed by atoms with Gasteiger partial charge in [-0.2, -0.15) is 0 Å². The molecular weight excluding hydrogens is 266 g/mol. The van der Waals surface area contributed by atoms with E-state index >= 15 is 0 Å². The Morgan fingerprint density at radius 3 is 2.30 bits per heavy atom. The van der Waals surface area contributed by atoms with Crippen molar-refractivity contribution in [2.75, 3.05) is 13.1 Å². The molecule has 2 N–H and O–H groups in total. The molecule has 0 saturated heterocycles. The van der Waals surface area contributed by atoms with Crippen LogP contribution in [0.15, 0.2) is 18.2 Å². The Kier molecular flexibility index (Phi) is 5.88. The summed E-state index contributed by atoms with van der Waals surface area (Å²) < 4.78 is 30.9. The van der Waals surface area contributed by atoms with E-state index in [0.717, 1.165) is 6.07 Å². The van der Waals surface area contributed by atoms with Gasteiger partial charge in [0, 0.05) is 25.7 Å². The van der Waals surface area contributed by atoms with Gasteiger partial charge in [0.25, 0.3) is 0 Å². The van der Waals surface area contributed by atoms with Crippen LogP contribution < -0.4 is 10.6 Å². The summed E-state index contributed by atoms with van der Waals surface area (Å²) in [7, 11) is 0. The largest absolute Gasteiger partial charge is 0.444 e. The van der Waals surface area contributed by atoms with Crippen LogP contribution in [0, 0.1) is 11.6 Å². The molecule has 0 saturated carbocycles. The molecule has 112 valence electrons. The minimum Gasteiger partial charge on any atom is -0.444 e. The second kappa shape index (κ2) is 7.19. The van der Waals surface area contributed by atoms with E-state index in [1.165, 1.54) is 12.1 Å². The minimum atomic E-state index is -0.603. The molecule has 6 heteroatoms. The van der Waals surface area contributed by atoms with Crippen molar-refractivity contribution in [2.45, 2.75) is 32.9 Å². The Morgan fingerprint density at radius 2 is 1.75 bits per heavy atom. The minimum absolute atomic E-state index is 0.324. The van der Waals surface area contributed by atoms with Crippen molar-refractivity contribution >= 4 is 6.09 Å². The second-order valence-corrected chi connectivity index (χ2v) is 5.38. The molecule has 0 spiro atoms. The van der Waals surface area contributed by atoms with Gasteiger partial charge < -0.3 is 15.4 Å². The number of nitrogens with one attached hydrogen (secondary N) is 2. The molecule has 0 aliphatic heterocycles. The quantitative estimate of drug-likeness (QED) is 0.818. The van der Waals surface area contributed by atoms with Gasteiger partial charge in [-0.05, 0) is 38.5 Å². The summed E-state index contributed by atoms with van der Waals surface area (Å²) in [5.41, 5.74) is -0.0175. The molecule has 20 heavy (non-hydrogen) atoms. The van der Waals surface area contributed by atoms with Crippen molar-refractivity contribution < 1.29 is 18.3 Å². The van der Waals surface area contributed by atoms with Gasteiger partial charge in [-0.15, -0.1) is 0 Å². The number of amides is 1. The predicted molar refractivity (Wildman–Crippen MR) is 72.3 cm³/mol. The van der Waals surface area contributed by atoms with Crippen LogP contribution >= 0.6 is 0 Å². The maximum atomic E-state index is 12.9. The summed E-state index contributed by atoms with van der Waals surface area (Å²) in [5.74, 6) is -1.21. The van der Waals surface area contributed by atoms with Gasteiger partial charge in [-0.1, -0.05) is 0 Å². The Morgan fingerprint density at radius 1 is 1.15 bits per heavy atom. The first-order valence-electron chi connectivity index (χ1n) is 6.39. The highest BCUT2D eigenvalue weighted by atomic mass is 19.1. The summed E-state index contributed by atoms with van der Waals surface area (Å²) in [6.07, 6.45) is -0.490. The lowest BCUT2D eigenvalue weighted by Crippen LogP contribution is -2.36. The highest BCUT2D eigenvalue weighted by Crippen LogP contribution is 2.07. The highest BCUT2D eigenvalue weighted by Gasteiger charge is 2.15. The zero-order valence-electron chi connectivity index (χ0n) is 11.9. The van der Waals surface area contributed by atoms with Crippen LogP contribution in [-0.2, 0) is 11.3 Å². The SMILES string of the molecule is CC(C)(C)OC(=O)NCCNCc1cc(F)cc(F)c1. The smallest absolute Gasteiger partial charge is 0.407 e. The lowest BCUT2D eigenvalue weighted by molar-refractivity contribution is 0.0528. The molecule has 0 aliphatic rings. The normalized spacial score (nSPS) is 11.2. The molecule has 1 rings (SSSR count).